The Hall–Kier alpha value is -4.34. The van der Waals surface area contributed by atoms with Gasteiger partial charge in [-0.05, 0) is 51.0 Å². The minimum Gasteiger partial charge on any atom is -0.507 e. The molecule has 0 aliphatic rings. The number of aromatic hydroxyl groups is 1. The van der Waals surface area contributed by atoms with Crippen LogP contribution in [0.2, 0.25) is 0 Å². The summed E-state index contributed by atoms with van der Waals surface area (Å²) >= 11 is 0. The largest absolute Gasteiger partial charge is 0.507 e. The molecule has 0 saturated carbocycles. The van der Waals surface area contributed by atoms with Crippen molar-refractivity contribution >= 4 is 6.41 Å². The zero-order chi connectivity index (χ0) is 27.9. The van der Waals surface area contributed by atoms with E-state index in [4.69, 9.17) is 29.6 Å². The van der Waals surface area contributed by atoms with E-state index in [1.807, 2.05) is 52.0 Å². The van der Waals surface area contributed by atoms with Crippen molar-refractivity contribution < 1.29 is 24.6 Å². The number of rotatable bonds is 11. The average molecular weight is 529 g/mol. The molecule has 9 heteroatoms. The Morgan fingerprint density at radius 3 is 1.79 bits per heavy atom. The first-order chi connectivity index (χ1) is 18.8. The second-order valence-corrected chi connectivity index (χ2v) is 9.30. The number of aryl methyl sites for hydroxylation is 4. The van der Waals surface area contributed by atoms with Crippen molar-refractivity contribution in [2.45, 2.75) is 27.7 Å². The number of hydrogen-bond acceptors (Lipinski definition) is 8. The van der Waals surface area contributed by atoms with E-state index in [2.05, 4.69) is 12.1 Å². The van der Waals surface area contributed by atoms with Crippen LogP contribution in [0.15, 0.2) is 54.6 Å². The average Bonchev–Trinajstić information content (AvgIpc) is 2.90. The van der Waals surface area contributed by atoms with Gasteiger partial charge in [0, 0.05) is 17.2 Å². The maximum absolute atomic E-state index is 11.4. The van der Waals surface area contributed by atoms with E-state index >= 15 is 0 Å². The number of aliphatic hydroxyl groups is 1. The minimum absolute atomic E-state index is 0.106. The topological polar surface area (TPSA) is 118 Å². The molecule has 0 saturated heterocycles. The molecule has 3 aromatic carbocycles. The summed E-state index contributed by atoms with van der Waals surface area (Å²) in [5, 5.41) is 20.8. The van der Waals surface area contributed by atoms with Gasteiger partial charge >= 0.3 is 0 Å². The van der Waals surface area contributed by atoms with E-state index in [0.717, 1.165) is 38.4 Å². The highest BCUT2D eigenvalue weighted by Gasteiger charge is 2.18. The van der Waals surface area contributed by atoms with Gasteiger partial charge < -0.3 is 19.8 Å². The number of aromatic nitrogens is 3. The standard InChI is InChI=1S/C30H32N4O5/c1-19-5-8-24(21(3)15-19)28-31-29(25-9-6-20(2)16-22(25)4)33-30(32-28)26-10-7-23(17-27(26)37)39-34(18-36)11-13-38-14-12-35/h5-10,15-18,35,37H,11-14H2,1-4H3. The van der Waals surface area contributed by atoms with Crippen molar-refractivity contribution in [2.24, 2.45) is 0 Å². The number of phenols is 1. The maximum atomic E-state index is 11.4. The summed E-state index contributed by atoms with van der Waals surface area (Å²) in [4.78, 5) is 31.3. The van der Waals surface area contributed by atoms with E-state index in [0.29, 0.717) is 29.4 Å². The number of ether oxygens (including phenoxy) is 1. The molecule has 0 aliphatic carbocycles. The Morgan fingerprint density at radius 1 is 0.769 bits per heavy atom. The SMILES string of the molecule is Cc1ccc(-c2nc(-c3ccc(C)cc3C)nc(-c3ccc(ON(C=O)CCOCCO)cc3O)n2)c(C)c1. The van der Waals surface area contributed by atoms with Crippen LogP contribution in [0, 0.1) is 27.7 Å². The summed E-state index contributed by atoms with van der Waals surface area (Å²) in [6, 6.07) is 16.8. The van der Waals surface area contributed by atoms with Crippen LogP contribution < -0.4 is 4.84 Å². The summed E-state index contributed by atoms with van der Waals surface area (Å²) < 4.78 is 5.18. The molecule has 4 rings (SSSR count). The minimum atomic E-state index is -0.112. The van der Waals surface area contributed by atoms with Gasteiger partial charge in [0.1, 0.15) is 5.75 Å². The molecular formula is C30H32N4O5. The Kier molecular flexibility index (Phi) is 8.85. The molecule has 0 spiro atoms. The van der Waals surface area contributed by atoms with Crippen LogP contribution in [-0.2, 0) is 9.53 Å². The number of carbonyl (C=O) groups is 1. The number of hydroxylamine groups is 2. The first kappa shape index (κ1) is 27.7. The summed E-state index contributed by atoms with van der Waals surface area (Å²) in [6.07, 6.45) is 0.519. The van der Waals surface area contributed by atoms with Crippen LogP contribution in [0.25, 0.3) is 34.2 Å². The molecule has 0 bridgehead atoms. The number of aliphatic hydroxyl groups excluding tert-OH is 1. The third kappa shape index (κ3) is 6.76. The monoisotopic (exact) mass is 528 g/mol. The third-order valence-electron chi connectivity index (χ3n) is 6.12. The van der Waals surface area contributed by atoms with Crippen LogP contribution in [0.4, 0.5) is 0 Å². The molecule has 1 heterocycles. The lowest BCUT2D eigenvalue weighted by Crippen LogP contribution is -2.30. The highest BCUT2D eigenvalue weighted by Crippen LogP contribution is 2.34. The Bertz CT molecular complexity index is 1400. The highest BCUT2D eigenvalue weighted by molar-refractivity contribution is 5.72. The van der Waals surface area contributed by atoms with E-state index < -0.39 is 0 Å². The predicted octanol–water partition coefficient (Wildman–Crippen LogP) is 4.57. The molecule has 2 N–H and O–H groups in total. The smallest absolute Gasteiger partial charge is 0.242 e. The van der Waals surface area contributed by atoms with Gasteiger partial charge in [0.05, 0.1) is 31.9 Å². The van der Waals surface area contributed by atoms with Gasteiger partial charge in [-0.15, -0.1) is 0 Å². The summed E-state index contributed by atoms with van der Waals surface area (Å²) in [7, 11) is 0. The lowest BCUT2D eigenvalue weighted by molar-refractivity contribution is -0.144. The highest BCUT2D eigenvalue weighted by atomic mass is 16.7. The van der Waals surface area contributed by atoms with Gasteiger partial charge in [-0.2, -0.15) is 5.06 Å². The number of benzene rings is 3. The van der Waals surface area contributed by atoms with Crippen LogP contribution in [0.3, 0.4) is 0 Å². The van der Waals surface area contributed by atoms with Gasteiger partial charge in [-0.25, -0.2) is 15.0 Å². The van der Waals surface area contributed by atoms with Crippen molar-refractivity contribution in [2.75, 3.05) is 26.4 Å². The molecule has 0 atom stereocenters. The Labute approximate surface area is 227 Å². The van der Waals surface area contributed by atoms with Gasteiger partial charge in [0.2, 0.25) is 6.41 Å². The number of amides is 1. The van der Waals surface area contributed by atoms with Gasteiger partial charge in [0.25, 0.3) is 0 Å². The fourth-order valence-electron chi connectivity index (χ4n) is 4.20. The van der Waals surface area contributed by atoms with Crippen molar-refractivity contribution in [1.82, 2.24) is 20.0 Å². The normalized spacial score (nSPS) is 10.9. The zero-order valence-electron chi connectivity index (χ0n) is 22.5. The summed E-state index contributed by atoms with van der Waals surface area (Å²) in [6.45, 7) is 8.50. The van der Waals surface area contributed by atoms with Crippen LogP contribution in [0.5, 0.6) is 11.5 Å². The van der Waals surface area contributed by atoms with Gasteiger partial charge in [0.15, 0.2) is 23.2 Å². The molecule has 9 nitrogen and oxygen atoms in total. The van der Waals surface area contributed by atoms with E-state index in [-0.39, 0.29) is 37.9 Å². The molecule has 1 amide bonds. The quantitative estimate of drug-likeness (QED) is 0.165. The van der Waals surface area contributed by atoms with Gasteiger partial charge in [-0.3, -0.25) is 4.79 Å². The Morgan fingerprint density at radius 2 is 1.31 bits per heavy atom. The molecule has 0 fully saturated rings. The third-order valence-corrected chi connectivity index (χ3v) is 6.12. The molecule has 0 unspecified atom stereocenters. The van der Waals surface area contributed by atoms with Crippen LogP contribution in [0.1, 0.15) is 22.3 Å². The van der Waals surface area contributed by atoms with Crippen LogP contribution in [-0.4, -0.2) is 63.0 Å². The second-order valence-electron chi connectivity index (χ2n) is 9.30. The number of phenolic OH excluding ortho intramolecular Hbond substituents is 1. The molecule has 0 radical (unpaired) electrons. The number of carbonyl (C=O) groups excluding carboxylic acids is 1. The summed E-state index contributed by atoms with van der Waals surface area (Å²) in [5.74, 6) is 1.45. The molecule has 1 aromatic heterocycles. The van der Waals surface area contributed by atoms with Crippen molar-refractivity contribution in [3.8, 4) is 45.7 Å². The molecule has 202 valence electrons. The fraction of sp³-hybridized carbons (Fsp3) is 0.267. The van der Waals surface area contributed by atoms with Crippen LogP contribution >= 0.6 is 0 Å². The molecule has 4 aromatic rings. The van der Waals surface area contributed by atoms with Crippen molar-refractivity contribution in [1.29, 1.82) is 0 Å². The predicted molar refractivity (Wildman–Crippen MR) is 148 cm³/mol. The second kappa shape index (κ2) is 12.5. The van der Waals surface area contributed by atoms with Gasteiger partial charge in [-0.1, -0.05) is 47.5 Å². The first-order valence-corrected chi connectivity index (χ1v) is 12.6. The summed E-state index contributed by atoms with van der Waals surface area (Å²) in [5.41, 5.74) is 6.48. The van der Waals surface area contributed by atoms with E-state index in [9.17, 15) is 9.90 Å². The lowest BCUT2D eigenvalue weighted by Gasteiger charge is -2.18. The zero-order valence-corrected chi connectivity index (χ0v) is 22.5. The van der Waals surface area contributed by atoms with E-state index in [1.165, 1.54) is 6.07 Å². The number of hydrogen-bond donors (Lipinski definition) is 2. The maximum Gasteiger partial charge on any atom is 0.242 e. The number of nitrogens with zero attached hydrogens (tertiary/aromatic N) is 4. The molecule has 39 heavy (non-hydrogen) atoms. The van der Waals surface area contributed by atoms with Crippen molar-refractivity contribution in [3.05, 3.63) is 76.9 Å². The molecule has 0 aliphatic heterocycles. The lowest BCUT2D eigenvalue weighted by atomic mass is 10.0. The molecular weight excluding hydrogens is 496 g/mol. The fourth-order valence-corrected chi connectivity index (χ4v) is 4.20. The Balaban J connectivity index is 1.73. The van der Waals surface area contributed by atoms with Crippen molar-refractivity contribution in [3.63, 3.8) is 0 Å². The first-order valence-electron chi connectivity index (χ1n) is 12.6. The van der Waals surface area contributed by atoms with E-state index in [1.54, 1.807) is 12.1 Å².